The van der Waals surface area contributed by atoms with Crippen molar-refractivity contribution in [2.45, 2.75) is 26.9 Å². The Labute approximate surface area is 91.2 Å². The topological polar surface area (TPSA) is 43.4 Å². The van der Waals surface area contributed by atoms with Crippen molar-refractivity contribution >= 4 is 10.1 Å². The molecular formula is C11H16O3S. The van der Waals surface area contributed by atoms with Crippen LogP contribution in [0.2, 0.25) is 0 Å². The van der Waals surface area contributed by atoms with E-state index in [9.17, 15) is 8.42 Å². The van der Waals surface area contributed by atoms with Crippen LogP contribution in [-0.2, 0) is 14.3 Å². The van der Waals surface area contributed by atoms with Gasteiger partial charge in [0.15, 0.2) is 0 Å². The number of aryl methyl sites for hydroxylation is 2. The van der Waals surface area contributed by atoms with Gasteiger partial charge in [-0.05, 0) is 31.9 Å². The van der Waals surface area contributed by atoms with Gasteiger partial charge in [0, 0.05) is 0 Å². The van der Waals surface area contributed by atoms with Crippen LogP contribution in [0.15, 0.2) is 18.2 Å². The molecule has 1 unspecified atom stereocenters. The molecule has 0 heterocycles. The molecule has 4 heteroatoms. The molecule has 0 aliphatic heterocycles. The molecule has 0 bridgehead atoms. The minimum Gasteiger partial charge on any atom is -0.262 e. The average molecular weight is 228 g/mol. The maximum atomic E-state index is 11.0. The predicted octanol–water partition coefficient (Wildman–Crippen LogP) is 2.34. The van der Waals surface area contributed by atoms with Crippen LogP contribution < -0.4 is 0 Å². The molecule has 0 saturated heterocycles. The molecule has 1 aromatic carbocycles. The van der Waals surface area contributed by atoms with Gasteiger partial charge in [0.1, 0.15) is 0 Å². The van der Waals surface area contributed by atoms with Crippen LogP contribution in [0.3, 0.4) is 0 Å². The van der Waals surface area contributed by atoms with E-state index in [1.54, 1.807) is 6.92 Å². The first-order valence-corrected chi connectivity index (χ1v) is 6.56. The van der Waals surface area contributed by atoms with Gasteiger partial charge in [-0.25, -0.2) is 0 Å². The molecule has 0 radical (unpaired) electrons. The third kappa shape index (κ3) is 3.64. The first kappa shape index (κ1) is 12.2. The zero-order valence-corrected chi connectivity index (χ0v) is 10.3. The van der Waals surface area contributed by atoms with Gasteiger partial charge in [-0.3, -0.25) is 4.18 Å². The van der Waals surface area contributed by atoms with Crippen molar-refractivity contribution in [1.82, 2.24) is 0 Å². The molecule has 0 fully saturated rings. The molecule has 0 N–H and O–H groups in total. The van der Waals surface area contributed by atoms with Crippen LogP contribution in [0.5, 0.6) is 0 Å². The van der Waals surface area contributed by atoms with E-state index >= 15 is 0 Å². The van der Waals surface area contributed by atoms with E-state index in [1.807, 2.05) is 32.0 Å². The lowest BCUT2D eigenvalue weighted by Gasteiger charge is -2.14. The summed E-state index contributed by atoms with van der Waals surface area (Å²) < 4.78 is 26.9. The normalized spacial score (nSPS) is 13.9. The Kier molecular flexibility index (Phi) is 3.52. The van der Waals surface area contributed by atoms with Crippen molar-refractivity contribution in [1.29, 1.82) is 0 Å². The fourth-order valence-electron chi connectivity index (χ4n) is 1.60. The molecule has 0 aromatic heterocycles. The molecule has 84 valence electrons. The van der Waals surface area contributed by atoms with E-state index < -0.39 is 16.2 Å². The summed E-state index contributed by atoms with van der Waals surface area (Å²) in [5, 5.41) is 0. The average Bonchev–Trinajstić information content (AvgIpc) is 1.99. The minimum atomic E-state index is -3.40. The zero-order valence-electron chi connectivity index (χ0n) is 9.44. The molecule has 0 spiro atoms. The van der Waals surface area contributed by atoms with Gasteiger partial charge in [0.25, 0.3) is 10.1 Å². The van der Waals surface area contributed by atoms with E-state index in [0.717, 1.165) is 22.9 Å². The first-order chi connectivity index (χ1) is 6.79. The predicted molar refractivity (Wildman–Crippen MR) is 60.3 cm³/mol. The molecule has 0 saturated carbocycles. The quantitative estimate of drug-likeness (QED) is 0.746. The summed E-state index contributed by atoms with van der Waals surface area (Å²) in [6.07, 6.45) is 0.633. The van der Waals surface area contributed by atoms with Crippen LogP contribution in [-0.4, -0.2) is 14.7 Å². The second kappa shape index (κ2) is 4.33. The number of benzene rings is 1. The highest BCUT2D eigenvalue weighted by Gasteiger charge is 2.14. The van der Waals surface area contributed by atoms with E-state index in [1.165, 1.54) is 0 Å². The largest absolute Gasteiger partial charge is 0.264 e. The van der Waals surface area contributed by atoms with Crippen molar-refractivity contribution in [2.24, 2.45) is 0 Å². The van der Waals surface area contributed by atoms with Gasteiger partial charge >= 0.3 is 0 Å². The van der Waals surface area contributed by atoms with E-state index in [2.05, 4.69) is 0 Å². The molecule has 0 aliphatic carbocycles. The smallest absolute Gasteiger partial charge is 0.262 e. The van der Waals surface area contributed by atoms with Crippen molar-refractivity contribution in [3.8, 4) is 0 Å². The lowest BCUT2D eigenvalue weighted by molar-refractivity contribution is 0.236. The molecule has 0 amide bonds. The number of rotatable bonds is 3. The second-order valence-corrected chi connectivity index (χ2v) is 5.40. The fraction of sp³-hybridized carbons (Fsp3) is 0.455. The van der Waals surface area contributed by atoms with Crippen molar-refractivity contribution in [2.75, 3.05) is 6.26 Å². The van der Waals surface area contributed by atoms with Gasteiger partial charge in [-0.1, -0.05) is 23.8 Å². The third-order valence-corrected chi connectivity index (χ3v) is 2.82. The van der Waals surface area contributed by atoms with Crippen LogP contribution in [0, 0.1) is 13.8 Å². The fourth-order valence-corrected chi connectivity index (χ4v) is 2.22. The standard InChI is InChI=1S/C11H16O3S/c1-8-5-6-11(9(2)7-8)10(3)14-15(4,12)13/h5-7,10H,1-4H3. The summed E-state index contributed by atoms with van der Waals surface area (Å²) in [7, 11) is -3.40. The van der Waals surface area contributed by atoms with Crippen LogP contribution in [0.1, 0.15) is 29.7 Å². The zero-order chi connectivity index (χ0) is 11.6. The minimum absolute atomic E-state index is 0.430. The molecular weight excluding hydrogens is 212 g/mol. The molecule has 1 rings (SSSR count). The van der Waals surface area contributed by atoms with Crippen LogP contribution >= 0.6 is 0 Å². The van der Waals surface area contributed by atoms with E-state index in [0.29, 0.717) is 0 Å². The van der Waals surface area contributed by atoms with E-state index in [-0.39, 0.29) is 0 Å². The lowest BCUT2D eigenvalue weighted by Crippen LogP contribution is -2.08. The lowest BCUT2D eigenvalue weighted by atomic mass is 10.0. The first-order valence-electron chi connectivity index (χ1n) is 4.75. The summed E-state index contributed by atoms with van der Waals surface area (Å²) in [6, 6.07) is 5.86. The maximum Gasteiger partial charge on any atom is 0.264 e. The van der Waals surface area contributed by atoms with Crippen molar-refractivity contribution in [3.05, 3.63) is 34.9 Å². The highest BCUT2D eigenvalue weighted by molar-refractivity contribution is 7.86. The summed E-state index contributed by atoms with van der Waals surface area (Å²) in [6.45, 7) is 5.68. The van der Waals surface area contributed by atoms with Crippen molar-refractivity contribution in [3.63, 3.8) is 0 Å². The Morgan fingerprint density at radius 1 is 1.27 bits per heavy atom. The summed E-state index contributed by atoms with van der Waals surface area (Å²) in [5.41, 5.74) is 3.11. The summed E-state index contributed by atoms with van der Waals surface area (Å²) in [5.74, 6) is 0. The van der Waals surface area contributed by atoms with Gasteiger partial charge < -0.3 is 0 Å². The highest BCUT2D eigenvalue weighted by atomic mass is 32.2. The Hall–Kier alpha value is -0.870. The second-order valence-electron chi connectivity index (χ2n) is 3.80. The van der Waals surface area contributed by atoms with Crippen LogP contribution in [0.4, 0.5) is 0 Å². The third-order valence-electron chi connectivity index (χ3n) is 2.18. The molecule has 1 aromatic rings. The highest BCUT2D eigenvalue weighted by Crippen LogP contribution is 2.22. The monoisotopic (exact) mass is 228 g/mol. The SMILES string of the molecule is Cc1ccc(C(C)OS(C)(=O)=O)c(C)c1. The van der Waals surface area contributed by atoms with Gasteiger partial charge in [0.2, 0.25) is 0 Å². The van der Waals surface area contributed by atoms with Crippen molar-refractivity contribution < 1.29 is 12.6 Å². The van der Waals surface area contributed by atoms with Gasteiger partial charge in [-0.15, -0.1) is 0 Å². The molecule has 15 heavy (non-hydrogen) atoms. The summed E-state index contributed by atoms with van der Waals surface area (Å²) in [4.78, 5) is 0. The Balaban J connectivity index is 2.97. The Morgan fingerprint density at radius 3 is 2.33 bits per heavy atom. The Bertz CT molecular complexity index is 449. The number of hydrogen-bond acceptors (Lipinski definition) is 3. The van der Waals surface area contributed by atoms with Gasteiger partial charge in [-0.2, -0.15) is 8.42 Å². The van der Waals surface area contributed by atoms with Gasteiger partial charge in [0.05, 0.1) is 12.4 Å². The van der Waals surface area contributed by atoms with Crippen LogP contribution in [0.25, 0.3) is 0 Å². The summed E-state index contributed by atoms with van der Waals surface area (Å²) >= 11 is 0. The Morgan fingerprint density at radius 2 is 1.87 bits per heavy atom. The van der Waals surface area contributed by atoms with E-state index in [4.69, 9.17) is 4.18 Å². The number of hydrogen-bond donors (Lipinski definition) is 0. The molecule has 3 nitrogen and oxygen atoms in total. The molecule has 0 aliphatic rings. The maximum absolute atomic E-state index is 11.0. The molecule has 1 atom stereocenters.